The minimum absolute atomic E-state index is 0.557. The molecule has 0 saturated carbocycles. The van der Waals surface area contributed by atoms with Gasteiger partial charge in [0.25, 0.3) is 0 Å². The van der Waals surface area contributed by atoms with Crippen LogP contribution < -0.4 is 16.4 Å². The second-order valence-electron chi connectivity index (χ2n) is 2.78. The van der Waals surface area contributed by atoms with E-state index in [0.29, 0.717) is 30.8 Å². The summed E-state index contributed by atoms with van der Waals surface area (Å²) < 4.78 is 0. The van der Waals surface area contributed by atoms with Crippen LogP contribution >= 0.6 is 0 Å². The van der Waals surface area contributed by atoms with Crippen molar-refractivity contribution in [3.8, 4) is 0 Å². The van der Waals surface area contributed by atoms with Crippen LogP contribution in [0.5, 0.6) is 0 Å². The average molecular weight is 196 g/mol. The van der Waals surface area contributed by atoms with Gasteiger partial charge in [-0.15, -0.1) is 0 Å². The zero-order valence-electron chi connectivity index (χ0n) is 8.54. The molecule has 0 bridgehead atoms. The summed E-state index contributed by atoms with van der Waals surface area (Å²) in [6.45, 7) is 5.83. The lowest BCUT2D eigenvalue weighted by molar-refractivity contribution is 0.931. The number of hydrogen-bond acceptors (Lipinski definition) is 6. The highest BCUT2D eigenvalue weighted by Crippen LogP contribution is 2.03. The normalized spacial score (nSPS) is 9.93. The fourth-order valence-electron chi connectivity index (χ4n) is 0.982. The third-order valence-electron chi connectivity index (χ3n) is 1.51. The molecule has 0 unspecified atom stereocenters. The summed E-state index contributed by atoms with van der Waals surface area (Å²) in [4.78, 5) is 12.4. The van der Waals surface area contributed by atoms with E-state index in [4.69, 9.17) is 5.73 Å². The molecule has 0 aromatic carbocycles. The molecular weight excluding hydrogens is 180 g/mol. The topological polar surface area (TPSA) is 88.8 Å². The van der Waals surface area contributed by atoms with Gasteiger partial charge in [0.1, 0.15) is 5.82 Å². The fourth-order valence-corrected chi connectivity index (χ4v) is 0.982. The van der Waals surface area contributed by atoms with Crippen LogP contribution in [0, 0.1) is 6.92 Å². The number of aromatic nitrogens is 3. The Balaban J connectivity index is 2.73. The van der Waals surface area contributed by atoms with Crippen molar-refractivity contribution in [1.29, 1.82) is 0 Å². The summed E-state index contributed by atoms with van der Waals surface area (Å²) in [7, 11) is 0. The third-order valence-corrected chi connectivity index (χ3v) is 1.51. The molecule has 1 aromatic rings. The van der Waals surface area contributed by atoms with Crippen LogP contribution in [0.2, 0.25) is 0 Å². The fraction of sp³-hybridized carbons (Fsp3) is 0.625. The van der Waals surface area contributed by atoms with Gasteiger partial charge in [-0.25, -0.2) is 0 Å². The molecule has 0 radical (unpaired) electrons. The van der Waals surface area contributed by atoms with Crippen molar-refractivity contribution in [2.45, 2.75) is 13.8 Å². The van der Waals surface area contributed by atoms with E-state index < -0.39 is 0 Å². The molecule has 78 valence electrons. The Morgan fingerprint density at radius 2 is 1.79 bits per heavy atom. The highest BCUT2D eigenvalue weighted by molar-refractivity contribution is 5.33. The molecule has 1 heterocycles. The zero-order valence-corrected chi connectivity index (χ0v) is 8.54. The van der Waals surface area contributed by atoms with Gasteiger partial charge in [-0.1, -0.05) is 0 Å². The molecule has 0 amide bonds. The Kier molecular flexibility index (Phi) is 4.06. The van der Waals surface area contributed by atoms with Crippen molar-refractivity contribution in [2.24, 2.45) is 5.73 Å². The van der Waals surface area contributed by atoms with E-state index in [1.807, 2.05) is 13.8 Å². The maximum Gasteiger partial charge on any atom is 0.227 e. The molecule has 1 rings (SSSR count). The van der Waals surface area contributed by atoms with Crippen LogP contribution in [0.3, 0.4) is 0 Å². The Morgan fingerprint density at radius 3 is 2.36 bits per heavy atom. The second kappa shape index (κ2) is 5.33. The van der Waals surface area contributed by atoms with Crippen molar-refractivity contribution >= 4 is 11.9 Å². The number of rotatable bonds is 5. The lowest BCUT2D eigenvalue weighted by Crippen LogP contribution is -2.16. The van der Waals surface area contributed by atoms with Crippen LogP contribution in [-0.4, -0.2) is 34.6 Å². The summed E-state index contributed by atoms with van der Waals surface area (Å²) in [6.07, 6.45) is 0. The van der Waals surface area contributed by atoms with Crippen molar-refractivity contribution < 1.29 is 0 Å². The predicted molar refractivity (Wildman–Crippen MR) is 56.3 cm³/mol. The third kappa shape index (κ3) is 3.14. The largest absolute Gasteiger partial charge is 0.354 e. The van der Waals surface area contributed by atoms with Gasteiger partial charge >= 0.3 is 0 Å². The molecule has 0 aliphatic rings. The van der Waals surface area contributed by atoms with Gasteiger partial charge in [-0.2, -0.15) is 15.0 Å². The van der Waals surface area contributed by atoms with Gasteiger partial charge in [-0.3, -0.25) is 0 Å². The Labute approximate surface area is 83.4 Å². The summed E-state index contributed by atoms with van der Waals surface area (Å²) in [6, 6.07) is 0. The maximum absolute atomic E-state index is 5.36. The molecule has 0 aliphatic carbocycles. The van der Waals surface area contributed by atoms with E-state index in [2.05, 4.69) is 25.6 Å². The molecule has 0 fully saturated rings. The van der Waals surface area contributed by atoms with Crippen LogP contribution in [0.4, 0.5) is 11.9 Å². The lowest BCUT2D eigenvalue weighted by atomic mass is 10.6. The first-order valence-corrected chi connectivity index (χ1v) is 4.66. The van der Waals surface area contributed by atoms with Crippen LogP contribution in [0.15, 0.2) is 0 Å². The van der Waals surface area contributed by atoms with E-state index in [0.717, 1.165) is 6.54 Å². The van der Waals surface area contributed by atoms with Gasteiger partial charge in [-0.05, 0) is 13.8 Å². The molecule has 0 saturated heterocycles. The van der Waals surface area contributed by atoms with E-state index in [9.17, 15) is 0 Å². The van der Waals surface area contributed by atoms with E-state index in [1.54, 1.807) is 0 Å². The van der Waals surface area contributed by atoms with Gasteiger partial charge in [0.05, 0.1) is 0 Å². The number of nitrogens with zero attached hydrogens (tertiary/aromatic N) is 3. The number of nitrogens with two attached hydrogens (primary N) is 1. The number of hydrogen-bond donors (Lipinski definition) is 3. The summed E-state index contributed by atoms with van der Waals surface area (Å²) in [5, 5.41) is 6.04. The van der Waals surface area contributed by atoms with Gasteiger partial charge in [0.2, 0.25) is 11.9 Å². The number of anilines is 2. The van der Waals surface area contributed by atoms with E-state index >= 15 is 0 Å². The molecule has 0 spiro atoms. The SMILES string of the molecule is CCNc1nc(C)nc(NCCN)n1. The van der Waals surface area contributed by atoms with E-state index in [1.165, 1.54) is 0 Å². The van der Waals surface area contributed by atoms with Crippen LogP contribution in [0.1, 0.15) is 12.7 Å². The molecular formula is C8H16N6. The second-order valence-corrected chi connectivity index (χ2v) is 2.78. The van der Waals surface area contributed by atoms with Crippen molar-refractivity contribution in [3.63, 3.8) is 0 Å². The average Bonchev–Trinajstić information content (AvgIpc) is 2.14. The zero-order chi connectivity index (χ0) is 10.4. The van der Waals surface area contributed by atoms with Crippen LogP contribution in [0.25, 0.3) is 0 Å². The summed E-state index contributed by atoms with van der Waals surface area (Å²) >= 11 is 0. The first-order chi connectivity index (χ1) is 6.76. The minimum atomic E-state index is 0.557. The monoisotopic (exact) mass is 196 g/mol. The Hall–Kier alpha value is -1.43. The summed E-state index contributed by atoms with van der Waals surface area (Å²) in [5.41, 5.74) is 5.36. The highest BCUT2D eigenvalue weighted by Gasteiger charge is 2.01. The first kappa shape index (κ1) is 10.6. The van der Waals surface area contributed by atoms with Gasteiger partial charge in [0, 0.05) is 19.6 Å². The molecule has 4 N–H and O–H groups in total. The standard InChI is InChI=1S/C8H16N6/c1-3-10-7-12-6(2)13-8(14-7)11-5-4-9/h3-5,9H2,1-2H3,(H2,10,11,12,13,14). The molecule has 14 heavy (non-hydrogen) atoms. The van der Waals surface area contributed by atoms with Crippen molar-refractivity contribution in [2.75, 3.05) is 30.3 Å². The van der Waals surface area contributed by atoms with Crippen molar-refractivity contribution in [1.82, 2.24) is 15.0 Å². The minimum Gasteiger partial charge on any atom is -0.354 e. The molecule has 0 atom stereocenters. The molecule has 1 aromatic heterocycles. The quantitative estimate of drug-likeness (QED) is 0.613. The number of nitrogens with one attached hydrogen (secondary N) is 2. The lowest BCUT2D eigenvalue weighted by Gasteiger charge is -2.06. The van der Waals surface area contributed by atoms with Gasteiger partial charge < -0.3 is 16.4 Å². The van der Waals surface area contributed by atoms with E-state index in [-0.39, 0.29) is 0 Å². The first-order valence-electron chi connectivity index (χ1n) is 4.66. The molecule has 0 aliphatic heterocycles. The summed E-state index contributed by atoms with van der Waals surface area (Å²) in [5.74, 6) is 1.86. The van der Waals surface area contributed by atoms with Crippen LogP contribution in [-0.2, 0) is 0 Å². The Morgan fingerprint density at radius 1 is 1.14 bits per heavy atom. The molecule has 6 heteroatoms. The predicted octanol–water partition coefficient (Wildman–Crippen LogP) is -0.0176. The highest BCUT2D eigenvalue weighted by atomic mass is 15.2. The number of aryl methyl sites for hydroxylation is 1. The molecule has 6 nitrogen and oxygen atoms in total. The maximum atomic E-state index is 5.36. The van der Waals surface area contributed by atoms with Crippen molar-refractivity contribution in [3.05, 3.63) is 5.82 Å². The Bertz CT molecular complexity index is 287. The smallest absolute Gasteiger partial charge is 0.227 e. The van der Waals surface area contributed by atoms with Gasteiger partial charge in [0.15, 0.2) is 0 Å².